The van der Waals surface area contributed by atoms with Gasteiger partial charge in [-0.15, -0.1) is 30.6 Å². The first-order valence-electron chi connectivity index (χ1n) is 27.7. The number of tetrazole rings is 3. The monoisotopic (exact) mass is 1100 g/mol. The summed E-state index contributed by atoms with van der Waals surface area (Å²) in [6, 6.07) is 54.3. The van der Waals surface area contributed by atoms with Crippen LogP contribution >= 0.6 is 0 Å². The van der Waals surface area contributed by atoms with Crippen LogP contribution in [0.4, 0.5) is 0 Å². The zero-order valence-electron chi connectivity index (χ0n) is 46.1. The van der Waals surface area contributed by atoms with Crippen LogP contribution in [0.25, 0.3) is 78.6 Å². The Kier molecular flexibility index (Phi) is 16.4. The molecule has 11 aromatic rings. The maximum atomic E-state index is 13.4. The number of ether oxygens (including phenoxy) is 1. The normalized spacial score (nSPS) is 13.4. The molecular weight excluding hydrogens is 1040 g/mol. The number of hydrogen-bond acceptors (Lipinski definition) is 14. The molecule has 1 spiro atoms. The van der Waals surface area contributed by atoms with E-state index in [4.69, 9.17) is 9.73 Å². The lowest BCUT2D eigenvalue weighted by Crippen LogP contribution is -2.40. The summed E-state index contributed by atoms with van der Waals surface area (Å²) in [4.78, 5) is 36.6. The number of fused-ring (bicyclic) bond motifs is 1. The van der Waals surface area contributed by atoms with Crippen molar-refractivity contribution in [2.24, 2.45) is 4.99 Å². The number of unbranched alkanes of at least 4 members (excludes halogenated alkanes) is 1. The number of amides is 1. The van der Waals surface area contributed by atoms with Crippen molar-refractivity contribution in [2.75, 3.05) is 6.61 Å². The van der Waals surface area contributed by atoms with E-state index in [0.29, 0.717) is 54.2 Å². The standard InChI is InChI=1S/C25H28N6O.C24H20N6O3.C14H12N4/c1-2-3-10-22-26-25(15-6-7-16-25)24(32)31(22)17-18-11-13-19(14-12-18)20-8-4-5-9-21(20)23-27-29-30-28-23;1-2-33-24-25-20-9-5-8-19(23(31)32)21(20)30(24)14-15-10-12-16(13-11-15)17-6-3-4-7-18(17)22-26-28-29-27-22;1-10-6-8-11(9-7-10)12-4-2-3-5-13(12)14-15-17-18-16-14/h4-5,8-9,11-14H,2-3,6-7,10,15-17H2,1H3,(H,27,28,29,30);3-13H,2,14H2,1H3,(H,31,32)(H,26,27,28,29);2-9H,1H3,(H,15,16,17,18). The van der Waals surface area contributed by atoms with Gasteiger partial charge < -0.3 is 9.84 Å². The third-order valence-electron chi connectivity index (χ3n) is 14.8. The Morgan fingerprint density at radius 3 is 1.51 bits per heavy atom. The zero-order chi connectivity index (χ0) is 57.1. The second kappa shape index (κ2) is 25.0. The Hall–Kier alpha value is -10.4. The average Bonchev–Trinajstić information content (AvgIpc) is 3.65. The van der Waals surface area contributed by atoms with Crippen molar-refractivity contribution in [1.29, 1.82) is 0 Å². The largest absolute Gasteiger partial charge is 0.478 e. The number of imidazole rings is 1. The van der Waals surface area contributed by atoms with Crippen molar-refractivity contribution in [2.45, 2.75) is 84.3 Å². The maximum absolute atomic E-state index is 13.4. The summed E-state index contributed by atoms with van der Waals surface area (Å²) in [6.07, 6.45) is 7.01. The zero-order valence-corrected chi connectivity index (χ0v) is 46.1. The average molecular weight is 1110 g/mol. The minimum Gasteiger partial charge on any atom is -0.478 e. The van der Waals surface area contributed by atoms with Gasteiger partial charge in [0, 0.05) is 23.1 Å². The highest BCUT2D eigenvalue weighted by Gasteiger charge is 2.49. The molecule has 1 fully saturated rings. The third-order valence-corrected chi connectivity index (χ3v) is 14.8. The van der Waals surface area contributed by atoms with Crippen LogP contribution in [0.3, 0.4) is 0 Å². The second-order valence-corrected chi connectivity index (χ2v) is 20.3. The molecule has 0 bridgehead atoms. The van der Waals surface area contributed by atoms with Gasteiger partial charge in [-0.25, -0.2) is 4.79 Å². The molecule has 0 atom stereocenters. The fraction of sp³-hybridized carbons (Fsp3) is 0.222. The summed E-state index contributed by atoms with van der Waals surface area (Å²) in [5, 5.41) is 52.7. The number of aromatic nitrogens is 14. The first kappa shape index (κ1) is 54.6. The Balaban J connectivity index is 0.000000136. The van der Waals surface area contributed by atoms with Crippen molar-refractivity contribution >= 4 is 28.7 Å². The molecule has 7 aromatic carbocycles. The lowest BCUT2D eigenvalue weighted by molar-refractivity contribution is -0.131. The molecule has 0 saturated heterocycles. The van der Waals surface area contributed by atoms with Gasteiger partial charge in [0.1, 0.15) is 11.4 Å². The van der Waals surface area contributed by atoms with Gasteiger partial charge in [0.15, 0.2) is 0 Å². The van der Waals surface area contributed by atoms with Gasteiger partial charge in [0.05, 0.1) is 36.3 Å². The van der Waals surface area contributed by atoms with Gasteiger partial charge in [0.2, 0.25) is 17.5 Å². The molecule has 20 heteroatoms. The lowest BCUT2D eigenvalue weighted by atomic mass is 9.97. The lowest BCUT2D eigenvalue weighted by Gasteiger charge is -2.23. The van der Waals surface area contributed by atoms with E-state index in [9.17, 15) is 14.7 Å². The van der Waals surface area contributed by atoms with Gasteiger partial charge in [-0.3, -0.25) is 19.3 Å². The van der Waals surface area contributed by atoms with Crippen LogP contribution in [-0.4, -0.2) is 111 Å². The Bertz CT molecular complexity index is 3990. The topological polar surface area (TPSA) is 260 Å². The third kappa shape index (κ3) is 11.9. The SMILES string of the molecule is CCCCC1=NC2(CCCC2)C(=O)N1Cc1ccc(-c2ccccc2-c2nn[nH]n2)cc1.CCOc1nc2cccc(C(=O)O)c2n1Cc1ccc(-c2ccccc2-c2nn[nH]n2)cc1.Cc1ccc(-c2ccccc2-c2nn[nH]n2)cc1. The number of aromatic carboxylic acids is 1. The molecule has 1 amide bonds. The smallest absolute Gasteiger partial charge is 0.337 e. The van der Waals surface area contributed by atoms with Gasteiger partial charge in [-0.05, 0) is 105 Å². The van der Waals surface area contributed by atoms with E-state index in [1.807, 2.05) is 101 Å². The number of hydrogen-bond donors (Lipinski definition) is 4. The van der Waals surface area contributed by atoms with Gasteiger partial charge in [-0.1, -0.05) is 183 Å². The predicted molar refractivity (Wildman–Crippen MR) is 316 cm³/mol. The Labute approximate surface area is 478 Å². The van der Waals surface area contributed by atoms with E-state index in [1.165, 1.54) is 5.56 Å². The highest BCUT2D eigenvalue weighted by molar-refractivity contribution is 6.08. The fourth-order valence-corrected chi connectivity index (χ4v) is 10.7. The summed E-state index contributed by atoms with van der Waals surface area (Å²) in [7, 11) is 0. The highest BCUT2D eigenvalue weighted by Crippen LogP contribution is 2.41. The Morgan fingerprint density at radius 2 is 1.06 bits per heavy atom. The molecule has 1 aliphatic heterocycles. The van der Waals surface area contributed by atoms with Gasteiger partial charge in [0.25, 0.3) is 11.9 Å². The molecule has 0 unspecified atom stereocenters. The molecular formula is C63H60N16O4. The van der Waals surface area contributed by atoms with Crippen LogP contribution in [0, 0.1) is 6.92 Å². The minimum atomic E-state index is -1.00. The van der Waals surface area contributed by atoms with E-state index in [0.717, 1.165) is 112 Å². The number of rotatable bonds is 16. The number of para-hydroxylation sites is 1. The molecule has 4 aromatic heterocycles. The number of nitrogens with one attached hydrogen (secondary N) is 3. The molecule has 4 N–H and O–H groups in total. The van der Waals surface area contributed by atoms with Crippen molar-refractivity contribution in [3.05, 3.63) is 186 Å². The molecule has 1 aliphatic carbocycles. The number of nitrogens with zero attached hydrogens (tertiary/aromatic N) is 13. The summed E-state index contributed by atoms with van der Waals surface area (Å²) < 4.78 is 7.53. The van der Waals surface area contributed by atoms with Crippen molar-refractivity contribution in [1.82, 2.24) is 76.3 Å². The van der Waals surface area contributed by atoms with Crippen LogP contribution in [0.15, 0.2) is 169 Å². The van der Waals surface area contributed by atoms with E-state index in [2.05, 4.69) is 141 Å². The number of carbonyl (C=O) groups is 2. The molecule has 0 radical (unpaired) electrons. The molecule has 5 heterocycles. The van der Waals surface area contributed by atoms with Crippen LogP contribution in [-0.2, 0) is 17.9 Å². The number of carbonyl (C=O) groups excluding carboxylic acids is 1. The number of benzene rings is 7. The molecule has 416 valence electrons. The van der Waals surface area contributed by atoms with Gasteiger partial charge >= 0.3 is 5.97 Å². The predicted octanol–water partition coefficient (Wildman–Crippen LogP) is 11.6. The summed E-state index contributed by atoms with van der Waals surface area (Å²) in [5.41, 5.74) is 13.4. The maximum Gasteiger partial charge on any atom is 0.337 e. The number of amidine groups is 1. The summed E-state index contributed by atoms with van der Waals surface area (Å²) >= 11 is 0. The summed E-state index contributed by atoms with van der Waals surface area (Å²) in [6.45, 7) is 7.56. The van der Waals surface area contributed by atoms with Crippen LogP contribution in [0.2, 0.25) is 0 Å². The van der Waals surface area contributed by atoms with Crippen molar-refractivity contribution in [3.8, 4) is 73.6 Å². The van der Waals surface area contributed by atoms with Crippen LogP contribution < -0.4 is 4.74 Å². The number of carboxylic acid groups (broad SMARTS) is 1. The molecule has 2 aliphatic rings. The number of aromatic amines is 3. The van der Waals surface area contributed by atoms with Crippen molar-refractivity contribution in [3.63, 3.8) is 0 Å². The number of carboxylic acids is 1. The first-order chi connectivity index (χ1) is 40.7. The van der Waals surface area contributed by atoms with E-state index >= 15 is 0 Å². The molecule has 20 nitrogen and oxygen atoms in total. The quantitative estimate of drug-likeness (QED) is 0.0701. The number of H-pyrrole nitrogens is 3. The Morgan fingerprint density at radius 1 is 0.590 bits per heavy atom. The number of aliphatic imine (C=N–C) groups is 1. The van der Waals surface area contributed by atoms with Gasteiger partial charge in [-0.2, -0.15) is 20.6 Å². The van der Waals surface area contributed by atoms with E-state index in [1.54, 1.807) is 18.2 Å². The summed E-state index contributed by atoms with van der Waals surface area (Å²) in [5.74, 6) is 1.90. The second-order valence-electron chi connectivity index (χ2n) is 20.3. The van der Waals surface area contributed by atoms with Crippen LogP contribution in [0.1, 0.15) is 85.8 Å². The first-order valence-corrected chi connectivity index (χ1v) is 27.7. The molecule has 1 saturated carbocycles. The minimum absolute atomic E-state index is 0.191. The molecule has 83 heavy (non-hydrogen) atoms. The number of aryl methyl sites for hydroxylation is 1. The van der Waals surface area contributed by atoms with Crippen LogP contribution in [0.5, 0.6) is 6.01 Å². The van der Waals surface area contributed by atoms with Crippen molar-refractivity contribution < 1.29 is 19.4 Å². The highest BCUT2D eigenvalue weighted by atomic mass is 16.5. The van der Waals surface area contributed by atoms with E-state index in [-0.39, 0.29) is 11.5 Å². The molecule has 13 rings (SSSR count). The van der Waals surface area contributed by atoms with E-state index < -0.39 is 11.5 Å². The fourth-order valence-electron chi connectivity index (χ4n) is 10.7.